The summed E-state index contributed by atoms with van der Waals surface area (Å²) >= 11 is 0. The van der Waals surface area contributed by atoms with E-state index in [2.05, 4.69) is 5.32 Å². The molecule has 2 aromatic carbocycles. The lowest BCUT2D eigenvalue weighted by atomic mass is 10.1. The third kappa shape index (κ3) is 2.64. The Kier molecular flexibility index (Phi) is 3.37. The molecule has 0 radical (unpaired) electrons. The van der Waals surface area contributed by atoms with Gasteiger partial charge >= 0.3 is 0 Å². The van der Waals surface area contributed by atoms with Crippen molar-refractivity contribution in [1.82, 2.24) is 0 Å². The molecule has 0 fully saturated rings. The van der Waals surface area contributed by atoms with Crippen LogP contribution in [0.5, 0.6) is 5.75 Å². The van der Waals surface area contributed by atoms with Gasteiger partial charge in [-0.1, -0.05) is 24.3 Å². The second-order valence-corrected chi connectivity index (χ2v) is 4.74. The number of benzene rings is 2. The first kappa shape index (κ1) is 12.7. The van der Waals surface area contributed by atoms with Gasteiger partial charge in [0.05, 0.1) is 18.7 Å². The van der Waals surface area contributed by atoms with E-state index in [1.54, 1.807) is 12.1 Å². The molecule has 102 valence electrons. The van der Waals surface area contributed by atoms with Crippen LogP contribution in [0, 0.1) is 5.82 Å². The van der Waals surface area contributed by atoms with Gasteiger partial charge in [0.25, 0.3) is 0 Å². The molecule has 2 aromatic rings. The van der Waals surface area contributed by atoms with Gasteiger partial charge < -0.3 is 10.1 Å². The standard InChI is InChI=1S/C16H14FNO2/c17-13-6-4-11(5-7-13)10-15(19)18-14-3-1-2-12-8-9-20-16(12)14/h1-7H,8-10H2,(H,18,19). The lowest BCUT2D eigenvalue weighted by molar-refractivity contribution is -0.115. The number of hydrogen-bond acceptors (Lipinski definition) is 2. The molecule has 1 aliphatic heterocycles. The first-order chi connectivity index (χ1) is 9.72. The maximum Gasteiger partial charge on any atom is 0.228 e. The molecule has 0 aromatic heterocycles. The maximum absolute atomic E-state index is 12.8. The quantitative estimate of drug-likeness (QED) is 0.932. The van der Waals surface area contributed by atoms with Crippen LogP contribution >= 0.6 is 0 Å². The number of halogens is 1. The molecule has 1 heterocycles. The molecule has 0 aliphatic carbocycles. The molecule has 3 rings (SSSR count). The lowest BCUT2D eigenvalue weighted by Gasteiger charge is -2.09. The molecule has 4 heteroatoms. The Labute approximate surface area is 116 Å². The molecule has 0 unspecified atom stereocenters. The molecule has 0 saturated carbocycles. The van der Waals surface area contributed by atoms with Crippen LogP contribution in [0.15, 0.2) is 42.5 Å². The van der Waals surface area contributed by atoms with E-state index in [0.717, 1.165) is 23.3 Å². The van der Waals surface area contributed by atoms with Crippen LogP contribution in [0.2, 0.25) is 0 Å². The zero-order chi connectivity index (χ0) is 13.9. The van der Waals surface area contributed by atoms with Crippen LogP contribution in [0.3, 0.4) is 0 Å². The van der Waals surface area contributed by atoms with Crippen LogP contribution in [-0.2, 0) is 17.6 Å². The number of carbonyl (C=O) groups is 1. The number of amides is 1. The van der Waals surface area contributed by atoms with E-state index >= 15 is 0 Å². The average molecular weight is 271 g/mol. The van der Waals surface area contributed by atoms with Crippen molar-refractivity contribution >= 4 is 11.6 Å². The van der Waals surface area contributed by atoms with E-state index < -0.39 is 0 Å². The van der Waals surface area contributed by atoms with E-state index in [1.807, 2.05) is 18.2 Å². The van der Waals surface area contributed by atoms with Crippen LogP contribution < -0.4 is 10.1 Å². The predicted octanol–water partition coefficient (Wildman–Crippen LogP) is 2.94. The fourth-order valence-corrected chi connectivity index (χ4v) is 2.30. The van der Waals surface area contributed by atoms with Crippen LogP contribution in [0.25, 0.3) is 0 Å². The van der Waals surface area contributed by atoms with Crippen LogP contribution in [-0.4, -0.2) is 12.5 Å². The van der Waals surface area contributed by atoms with Gasteiger partial charge in [-0.05, 0) is 29.3 Å². The Hall–Kier alpha value is -2.36. The van der Waals surface area contributed by atoms with Crippen molar-refractivity contribution in [3.05, 3.63) is 59.4 Å². The third-order valence-corrected chi connectivity index (χ3v) is 3.27. The molecule has 1 amide bonds. The second kappa shape index (κ2) is 5.33. The highest BCUT2D eigenvalue weighted by atomic mass is 19.1. The number of nitrogens with one attached hydrogen (secondary N) is 1. The number of rotatable bonds is 3. The highest BCUT2D eigenvalue weighted by Crippen LogP contribution is 2.33. The van der Waals surface area contributed by atoms with Gasteiger partial charge in [0, 0.05) is 6.42 Å². The highest BCUT2D eigenvalue weighted by Gasteiger charge is 2.17. The largest absolute Gasteiger partial charge is 0.491 e. The normalized spacial score (nSPS) is 12.7. The van der Waals surface area contributed by atoms with E-state index in [-0.39, 0.29) is 18.1 Å². The number of anilines is 1. The summed E-state index contributed by atoms with van der Waals surface area (Å²) in [6.07, 6.45) is 1.08. The first-order valence-electron chi connectivity index (χ1n) is 6.51. The van der Waals surface area contributed by atoms with Crippen molar-refractivity contribution in [2.24, 2.45) is 0 Å². The fourth-order valence-electron chi connectivity index (χ4n) is 2.30. The van der Waals surface area contributed by atoms with E-state index in [4.69, 9.17) is 4.74 Å². The van der Waals surface area contributed by atoms with Gasteiger partial charge in [-0.15, -0.1) is 0 Å². The Morgan fingerprint density at radius 2 is 2.00 bits per heavy atom. The summed E-state index contributed by atoms with van der Waals surface area (Å²) in [4.78, 5) is 12.0. The summed E-state index contributed by atoms with van der Waals surface area (Å²) in [6.45, 7) is 0.653. The second-order valence-electron chi connectivity index (χ2n) is 4.74. The zero-order valence-corrected chi connectivity index (χ0v) is 10.9. The third-order valence-electron chi connectivity index (χ3n) is 3.27. The first-order valence-corrected chi connectivity index (χ1v) is 6.51. The van der Waals surface area contributed by atoms with Crippen molar-refractivity contribution in [2.45, 2.75) is 12.8 Å². The monoisotopic (exact) mass is 271 g/mol. The number of para-hydroxylation sites is 1. The summed E-state index contributed by atoms with van der Waals surface area (Å²) in [5.41, 5.74) is 2.59. The Morgan fingerprint density at radius 1 is 1.20 bits per heavy atom. The molecular weight excluding hydrogens is 257 g/mol. The summed E-state index contributed by atoms with van der Waals surface area (Å²) in [7, 11) is 0. The molecule has 0 saturated heterocycles. The average Bonchev–Trinajstić information content (AvgIpc) is 2.91. The predicted molar refractivity (Wildman–Crippen MR) is 74.4 cm³/mol. The molecular formula is C16H14FNO2. The van der Waals surface area contributed by atoms with Gasteiger partial charge in [0.15, 0.2) is 0 Å². The minimum absolute atomic E-state index is 0.138. The van der Waals surface area contributed by atoms with E-state index in [1.165, 1.54) is 12.1 Å². The molecule has 1 N–H and O–H groups in total. The Balaban J connectivity index is 1.70. The topological polar surface area (TPSA) is 38.3 Å². The number of carbonyl (C=O) groups excluding carboxylic acids is 1. The minimum atomic E-state index is -0.302. The van der Waals surface area contributed by atoms with Gasteiger partial charge in [-0.2, -0.15) is 0 Å². The molecule has 0 atom stereocenters. The van der Waals surface area contributed by atoms with Gasteiger partial charge in [-0.3, -0.25) is 4.79 Å². The Morgan fingerprint density at radius 3 is 2.80 bits per heavy atom. The molecule has 0 bridgehead atoms. The fraction of sp³-hybridized carbons (Fsp3) is 0.188. The summed E-state index contributed by atoms with van der Waals surface area (Å²) in [6, 6.07) is 11.7. The van der Waals surface area contributed by atoms with Crippen molar-refractivity contribution in [3.63, 3.8) is 0 Å². The van der Waals surface area contributed by atoms with Crippen LogP contribution in [0.4, 0.5) is 10.1 Å². The highest BCUT2D eigenvalue weighted by molar-refractivity contribution is 5.94. The van der Waals surface area contributed by atoms with Crippen LogP contribution in [0.1, 0.15) is 11.1 Å². The SMILES string of the molecule is O=C(Cc1ccc(F)cc1)Nc1cccc2c1OCC2. The summed E-state index contributed by atoms with van der Waals surface area (Å²) in [5.74, 6) is 0.323. The van der Waals surface area contributed by atoms with Gasteiger partial charge in [0.1, 0.15) is 11.6 Å². The molecule has 1 aliphatic rings. The summed E-state index contributed by atoms with van der Waals surface area (Å²) in [5, 5.41) is 2.85. The van der Waals surface area contributed by atoms with Crippen molar-refractivity contribution < 1.29 is 13.9 Å². The van der Waals surface area contributed by atoms with Crippen molar-refractivity contribution in [2.75, 3.05) is 11.9 Å². The maximum atomic E-state index is 12.8. The smallest absolute Gasteiger partial charge is 0.228 e. The lowest BCUT2D eigenvalue weighted by Crippen LogP contribution is -2.14. The minimum Gasteiger partial charge on any atom is -0.491 e. The van der Waals surface area contributed by atoms with Gasteiger partial charge in [-0.25, -0.2) is 4.39 Å². The molecule has 0 spiro atoms. The van der Waals surface area contributed by atoms with Crippen molar-refractivity contribution in [3.8, 4) is 5.75 Å². The molecule has 3 nitrogen and oxygen atoms in total. The molecule has 20 heavy (non-hydrogen) atoms. The Bertz CT molecular complexity index is 637. The number of fused-ring (bicyclic) bond motifs is 1. The van der Waals surface area contributed by atoms with E-state index in [0.29, 0.717) is 12.3 Å². The summed E-state index contributed by atoms with van der Waals surface area (Å²) < 4.78 is 18.3. The number of hydrogen-bond donors (Lipinski definition) is 1. The number of ether oxygens (including phenoxy) is 1. The van der Waals surface area contributed by atoms with Gasteiger partial charge in [0.2, 0.25) is 5.91 Å². The van der Waals surface area contributed by atoms with Crippen molar-refractivity contribution in [1.29, 1.82) is 0 Å². The van der Waals surface area contributed by atoms with E-state index in [9.17, 15) is 9.18 Å². The zero-order valence-electron chi connectivity index (χ0n) is 10.9.